The summed E-state index contributed by atoms with van der Waals surface area (Å²) in [4.78, 5) is 12.4. The van der Waals surface area contributed by atoms with Gasteiger partial charge in [-0.15, -0.1) is 0 Å². The van der Waals surface area contributed by atoms with E-state index in [-0.39, 0.29) is 5.56 Å². The molecule has 1 aromatic heterocycles. The number of nitrogens with two attached hydrogens (primary N) is 1. The van der Waals surface area contributed by atoms with E-state index in [9.17, 15) is 9.18 Å². The number of carboxylic acids is 1. The molecule has 1 atom stereocenters. The summed E-state index contributed by atoms with van der Waals surface area (Å²) in [5, 5.41) is 8.37. The van der Waals surface area contributed by atoms with Crippen LogP contribution in [0, 0.1) is 5.95 Å². The average molecular weight is 158 g/mol. The summed E-state index contributed by atoms with van der Waals surface area (Å²) in [6.07, 6.45) is 1.30. The van der Waals surface area contributed by atoms with Gasteiger partial charge in [0.25, 0.3) is 0 Å². The van der Waals surface area contributed by atoms with Gasteiger partial charge in [0.05, 0.1) is 0 Å². The normalized spacial score (nSPS) is 12.9. The molecule has 0 amide bonds. The van der Waals surface area contributed by atoms with Crippen LogP contribution in [0.3, 0.4) is 0 Å². The van der Waals surface area contributed by atoms with Crippen molar-refractivity contribution in [3.05, 3.63) is 23.8 Å². The van der Waals surface area contributed by atoms with Crippen LogP contribution in [-0.2, 0) is 4.79 Å². The van der Waals surface area contributed by atoms with Crippen molar-refractivity contribution in [3.63, 3.8) is 0 Å². The van der Waals surface area contributed by atoms with Crippen LogP contribution in [0.25, 0.3) is 0 Å². The molecular weight excluding hydrogens is 151 g/mol. The Hall–Kier alpha value is -1.36. The zero-order valence-electron chi connectivity index (χ0n) is 5.54. The number of rotatable bonds is 2. The molecule has 4 nitrogen and oxygen atoms in total. The van der Waals surface area contributed by atoms with Crippen molar-refractivity contribution < 1.29 is 14.3 Å². The number of carbonyl (C=O) groups is 1. The van der Waals surface area contributed by atoms with Gasteiger partial charge in [-0.2, -0.15) is 4.39 Å². The largest absolute Gasteiger partial charge is 0.480 e. The van der Waals surface area contributed by atoms with E-state index in [2.05, 4.69) is 4.98 Å². The zero-order valence-corrected chi connectivity index (χ0v) is 5.54. The number of H-pyrrole nitrogens is 1. The summed E-state index contributed by atoms with van der Waals surface area (Å²) < 4.78 is 12.6. The van der Waals surface area contributed by atoms with Gasteiger partial charge in [-0.05, 0) is 6.07 Å². The number of carboxylic acid groups (broad SMARTS) is 1. The first-order chi connectivity index (χ1) is 5.13. The molecule has 0 saturated heterocycles. The third-order valence-corrected chi connectivity index (χ3v) is 1.33. The second-order valence-corrected chi connectivity index (χ2v) is 2.06. The van der Waals surface area contributed by atoms with Gasteiger partial charge < -0.3 is 15.8 Å². The Morgan fingerprint density at radius 2 is 2.45 bits per heavy atom. The van der Waals surface area contributed by atoms with Crippen LogP contribution in [-0.4, -0.2) is 16.1 Å². The quantitative estimate of drug-likeness (QED) is 0.576. The summed E-state index contributed by atoms with van der Waals surface area (Å²) in [6, 6.07) is 0.00921. The van der Waals surface area contributed by atoms with E-state index in [1.165, 1.54) is 12.3 Å². The smallest absolute Gasteiger partial charge is 0.325 e. The van der Waals surface area contributed by atoms with Crippen molar-refractivity contribution in [1.82, 2.24) is 4.98 Å². The summed E-state index contributed by atoms with van der Waals surface area (Å²) >= 11 is 0. The van der Waals surface area contributed by atoms with Crippen LogP contribution in [0.15, 0.2) is 12.3 Å². The molecule has 5 heteroatoms. The van der Waals surface area contributed by atoms with Gasteiger partial charge in [-0.25, -0.2) is 0 Å². The molecule has 4 N–H and O–H groups in total. The Morgan fingerprint density at radius 3 is 2.82 bits per heavy atom. The van der Waals surface area contributed by atoms with Gasteiger partial charge in [0.2, 0.25) is 0 Å². The maximum Gasteiger partial charge on any atom is 0.325 e. The lowest BCUT2D eigenvalue weighted by Crippen LogP contribution is -2.21. The molecule has 0 aliphatic heterocycles. The first kappa shape index (κ1) is 7.74. The summed E-state index contributed by atoms with van der Waals surface area (Å²) in [7, 11) is 0. The summed E-state index contributed by atoms with van der Waals surface area (Å²) in [5.41, 5.74) is 5.09. The number of hydrogen-bond donors (Lipinski definition) is 3. The third-order valence-electron chi connectivity index (χ3n) is 1.33. The Bertz CT molecular complexity index is 271. The molecular formula is C6H7FN2O2. The lowest BCUT2D eigenvalue weighted by Gasteiger charge is -2.01. The molecule has 0 bridgehead atoms. The predicted molar refractivity (Wildman–Crippen MR) is 35.3 cm³/mol. The minimum Gasteiger partial charge on any atom is -0.480 e. The standard InChI is InChI=1S/C6H7FN2O2/c7-5-3(1-2-9-5)4(8)6(10)11/h1-2,4,9H,8H2,(H,10,11). The van der Waals surface area contributed by atoms with E-state index in [1.807, 2.05) is 0 Å². The molecule has 0 aliphatic rings. The maximum absolute atomic E-state index is 12.6. The first-order valence-electron chi connectivity index (χ1n) is 2.94. The number of hydrogen-bond acceptors (Lipinski definition) is 2. The Labute approximate surface area is 61.8 Å². The predicted octanol–water partition coefficient (Wildman–Crippen LogP) is 0.238. The minimum absolute atomic E-state index is 0.0301. The second-order valence-electron chi connectivity index (χ2n) is 2.06. The van der Waals surface area contributed by atoms with E-state index in [0.29, 0.717) is 0 Å². The summed E-state index contributed by atoms with van der Waals surface area (Å²) in [5.74, 6) is -1.94. The molecule has 0 fully saturated rings. The minimum atomic E-state index is -1.29. The highest BCUT2D eigenvalue weighted by molar-refractivity contribution is 5.75. The molecule has 0 aliphatic carbocycles. The number of aliphatic carboxylic acids is 1. The van der Waals surface area contributed by atoms with Gasteiger partial charge in [0.15, 0.2) is 5.95 Å². The number of nitrogens with one attached hydrogen (secondary N) is 1. The van der Waals surface area contributed by atoms with E-state index in [0.717, 1.165) is 0 Å². The topological polar surface area (TPSA) is 79.1 Å². The molecule has 60 valence electrons. The molecule has 1 rings (SSSR count). The highest BCUT2D eigenvalue weighted by atomic mass is 19.1. The molecule has 0 spiro atoms. The first-order valence-corrected chi connectivity index (χ1v) is 2.94. The fourth-order valence-corrected chi connectivity index (χ4v) is 0.734. The molecule has 0 radical (unpaired) electrons. The monoisotopic (exact) mass is 158 g/mol. The van der Waals surface area contributed by atoms with Crippen LogP contribution in [0.5, 0.6) is 0 Å². The van der Waals surface area contributed by atoms with E-state index in [4.69, 9.17) is 10.8 Å². The van der Waals surface area contributed by atoms with Crippen LogP contribution in [0.2, 0.25) is 0 Å². The fraction of sp³-hybridized carbons (Fsp3) is 0.167. The van der Waals surface area contributed by atoms with Gasteiger partial charge in [0, 0.05) is 11.8 Å². The van der Waals surface area contributed by atoms with Gasteiger partial charge in [-0.3, -0.25) is 4.79 Å². The van der Waals surface area contributed by atoms with Gasteiger partial charge in [-0.1, -0.05) is 0 Å². The van der Waals surface area contributed by atoms with Crippen molar-refractivity contribution >= 4 is 5.97 Å². The van der Waals surface area contributed by atoms with Crippen LogP contribution < -0.4 is 5.73 Å². The zero-order chi connectivity index (χ0) is 8.43. The van der Waals surface area contributed by atoms with Crippen molar-refractivity contribution in [2.75, 3.05) is 0 Å². The lowest BCUT2D eigenvalue weighted by molar-refractivity contribution is -0.138. The summed E-state index contributed by atoms with van der Waals surface area (Å²) in [6.45, 7) is 0. The van der Waals surface area contributed by atoms with Crippen LogP contribution >= 0.6 is 0 Å². The van der Waals surface area contributed by atoms with E-state index < -0.39 is 18.0 Å². The average Bonchev–Trinajstić information content (AvgIpc) is 2.33. The van der Waals surface area contributed by atoms with Crippen LogP contribution in [0.1, 0.15) is 11.6 Å². The number of aromatic amines is 1. The fourth-order valence-electron chi connectivity index (χ4n) is 0.734. The van der Waals surface area contributed by atoms with Crippen molar-refractivity contribution in [3.8, 4) is 0 Å². The Morgan fingerprint density at radius 1 is 1.82 bits per heavy atom. The van der Waals surface area contributed by atoms with Crippen LogP contribution in [0.4, 0.5) is 4.39 Å². The molecule has 0 aromatic carbocycles. The van der Waals surface area contributed by atoms with Crippen molar-refractivity contribution in [2.45, 2.75) is 6.04 Å². The van der Waals surface area contributed by atoms with Crippen molar-refractivity contribution in [1.29, 1.82) is 0 Å². The maximum atomic E-state index is 12.6. The number of aromatic nitrogens is 1. The SMILES string of the molecule is NC(C(=O)O)c1cc[nH]c1F. The Kier molecular flexibility index (Phi) is 1.91. The molecule has 1 heterocycles. The highest BCUT2D eigenvalue weighted by Gasteiger charge is 2.18. The van der Waals surface area contributed by atoms with E-state index >= 15 is 0 Å². The van der Waals surface area contributed by atoms with Crippen molar-refractivity contribution in [2.24, 2.45) is 5.73 Å². The second kappa shape index (κ2) is 2.71. The Balaban J connectivity index is 2.92. The molecule has 0 saturated carbocycles. The molecule has 1 aromatic rings. The number of halogens is 1. The van der Waals surface area contributed by atoms with Gasteiger partial charge in [0.1, 0.15) is 6.04 Å². The molecule has 1 unspecified atom stereocenters. The lowest BCUT2D eigenvalue weighted by atomic mass is 10.2. The highest BCUT2D eigenvalue weighted by Crippen LogP contribution is 2.12. The van der Waals surface area contributed by atoms with E-state index in [1.54, 1.807) is 0 Å². The van der Waals surface area contributed by atoms with Gasteiger partial charge >= 0.3 is 5.97 Å². The molecule has 11 heavy (non-hydrogen) atoms. The third kappa shape index (κ3) is 1.38.